The predicted octanol–water partition coefficient (Wildman–Crippen LogP) is 4.91. The van der Waals surface area contributed by atoms with Crippen molar-refractivity contribution in [1.82, 2.24) is 10.5 Å². The van der Waals surface area contributed by atoms with Crippen molar-refractivity contribution in [3.63, 3.8) is 0 Å². The standard InChI is InChI=1S/C22H22N2O2/c1-3-14-24-26-21-11-8-19(9-12-21)22-13-10-20(15-23-22)18-6-4-17(5-7-18)16(2)25/h4-13,15,24H,3,14H2,1-2H3. The van der Waals surface area contributed by atoms with Crippen LogP contribution >= 0.6 is 0 Å². The highest BCUT2D eigenvalue weighted by molar-refractivity contribution is 5.94. The summed E-state index contributed by atoms with van der Waals surface area (Å²) in [5, 5.41) is 0. The maximum Gasteiger partial charge on any atom is 0.159 e. The molecule has 26 heavy (non-hydrogen) atoms. The predicted molar refractivity (Wildman–Crippen MR) is 104 cm³/mol. The summed E-state index contributed by atoms with van der Waals surface area (Å²) in [6, 6.07) is 19.5. The molecule has 3 rings (SSSR count). The van der Waals surface area contributed by atoms with Crippen LogP contribution in [-0.4, -0.2) is 17.3 Å². The highest BCUT2D eigenvalue weighted by atomic mass is 16.6. The molecule has 4 nitrogen and oxygen atoms in total. The summed E-state index contributed by atoms with van der Waals surface area (Å²) in [4.78, 5) is 21.4. The molecule has 0 amide bonds. The molecule has 4 heteroatoms. The molecule has 0 spiro atoms. The second kappa shape index (κ2) is 8.41. The van der Waals surface area contributed by atoms with Crippen LogP contribution in [0.15, 0.2) is 66.9 Å². The van der Waals surface area contributed by atoms with Gasteiger partial charge in [-0.1, -0.05) is 37.3 Å². The minimum Gasteiger partial charge on any atom is -0.409 e. The van der Waals surface area contributed by atoms with E-state index >= 15 is 0 Å². The third kappa shape index (κ3) is 4.35. The molecule has 0 saturated carbocycles. The smallest absolute Gasteiger partial charge is 0.159 e. The molecule has 0 saturated heterocycles. The van der Waals surface area contributed by atoms with Crippen LogP contribution in [0.4, 0.5) is 0 Å². The monoisotopic (exact) mass is 346 g/mol. The van der Waals surface area contributed by atoms with Gasteiger partial charge >= 0.3 is 0 Å². The first-order valence-corrected chi connectivity index (χ1v) is 8.75. The van der Waals surface area contributed by atoms with Crippen LogP contribution in [0.25, 0.3) is 22.4 Å². The number of aromatic nitrogens is 1. The van der Waals surface area contributed by atoms with E-state index in [2.05, 4.69) is 17.4 Å². The van der Waals surface area contributed by atoms with Gasteiger partial charge in [0.05, 0.1) is 5.69 Å². The van der Waals surface area contributed by atoms with Gasteiger partial charge in [-0.25, -0.2) is 0 Å². The van der Waals surface area contributed by atoms with Crippen LogP contribution in [0, 0.1) is 0 Å². The molecule has 1 aromatic heterocycles. The Morgan fingerprint density at radius 2 is 1.58 bits per heavy atom. The molecule has 0 aliphatic rings. The number of hydrogen-bond donors (Lipinski definition) is 1. The number of ketones is 1. The first-order chi connectivity index (χ1) is 12.7. The summed E-state index contributed by atoms with van der Waals surface area (Å²) in [5.74, 6) is 0.853. The van der Waals surface area contributed by atoms with Crippen molar-refractivity contribution in [1.29, 1.82) is 0 Å². The van der Waals surface area contributed by atoms with Gasteiger partial charge in [0.1, 0.15) is 5.75 Å². The zero-order valence-corrected chi connectivity index (χ0v) is 15.0. The third-order valence-corrected chi connectivity index (χ3v) is 4.08. The Labute approximate surface area is 153 Å². The molecule has 0 radical (unpaired) electrons. The molecular weight excluding hydrogens is 324 g/mol. The van der Waals surface area contributed by atoms with E-state index in [0.29, 0.717) is 5.56 Å². The van der Waals surface area contributed by atoms with E-state index in [1.165, 1.54) is 0 Å². The van der Waals surface area contributed by atoms with Gasteiger partial charge in [0.2, 0.25) is 0 Å². The van der Waals surface area contributed by atoms with E-state index in [1.54, 1.807) is 6.92 Å². The lowest BCUT2D eigenvalue weighted by Crippen LogP contribution is -2.18. The molecule has 132 valence electrons. The fourth-order valence-electron chi connectivity index (χ4n) is 2.56. The number of pyridine rings is 1. The van der Waals surface area contributed by atoms with Gasteiger partial charge in [0.15, 0.2) is 5.78 Å². The Morgan fingerprint density at radius 3 is 2.15 bits per heavy atom. The van der Waals surface area contributed by atoms with E-state index in [-0.39, 0.29) is 5.78 Å². The topological polar surface area (TPSA) is 51.2 Å². The van der Waals surface area contributed by atoms with Crippen LogP contribution in [-0.2, 0) is 0 Å². The van der Waals surface area contributed by atoms with Crippen LogP contribution in [0.1, 0.15) is 30.6 Å². The summed E-state index contributed by atoms with van der Waals surface area (Å²) in [6.45, 7) is 4.48. The Kier molecular flexibility index (Phi) is 5.77. The van der Waals surface area contributed by atoms with Crippen molar-refractivity contribution >= 4 is 5.78 Å². The Morgan fingerprint density at radius 1 is 0.923 bits per heavy atom. The van der Waals surface area contributed by atoms with Crippen LogP contribution < -0.4 is 10.3 Å². The second-order valence-electron chi connectivity index (χ2n) is 6.09. The highest BCUT2D eigenvalue weighted by Crippen LogP contribution is 2.24. The maximum absolute atomic E-state index is 11.4. The van der Waals surface area contributed by atoms with Crippen molar-refractivity contribution in [2.45, 2.75) is 20.3 Å². The van der Waals surface area contributed by atoms with E-state index in [4.69, 9.17) is 4.84 Å². The minimum absolute atomic E-state index is 0.0716. The van der Waals surface area contributed by atoms with Crippen molar-refractivity contribution in [3.8, 4) is 28.1 Å². The van der Waals surface area contributed by atoms with Crippen molar-refractivity contribution in [2.75, 3.05) is 6.54 Å². The van der Waals surface area contributed by atoms with Gasteiger partial charge in [-0.3, -0.25) is 9.78 Å². The zero-order chi connectivity index (χ0) is 18.4. The molecule has 0 aliphatic carbocycles. The van der Waals surface area contributed by atoms with Gasteiger partial charge in [-0.05, 0) is 49.2 Å². The number of hydrogen-bond acceptors (Lipinski definition) is 4. The molecule has 0 atom stereocenters. The van der Waals surface area contributed by atoms with Gasteiger partial charge in [0.25, 0.3) is 0 Å². The largest absolute Gasteiger partial charge is 0.409 e. The van der Waals surface area contributed by atoms with Gasteiger partial charge in [-0.2, -0.15) is 5.48 Å². The number of benzene rings is 2. The zero-order valence-electron chi connectivity index (χ0n) is 15.0. The molecule has 1 N–H and O–H groups in total. The quantitative estimate of drug-likeness (QED) is 0.375. The van der Waals surface area contributed by atoms with Crippen LogP contribution in [0.2, 0.25) is 0 Å². The summed E-state index contributed by atoms with van der Waals surface area (Å²) >= 11 is 0. The minimum atomic E-state index is 0.0716. The normalized spacial score (nSPS) is 10.5. The fourth-order valence-corrected chi connectivity index (χ4v) is 2.56. The number of carbonyl (C=O) groups is 1. The molecule has 2 aromatic carbocycles. The molecular formula is C22H22N2O2. The number of nitrogens with one attached hydrogen (secondary N) is 1. The lowest BCUT2D eigenvalue weighted by molar-refractivity contribution is 0.101. The van der Waals surface area contributed by atoms with E-state index in [9.17, 15) is 4.79 Å². The lowest BCUT2D eigenvalue weighted by atomic mass is 10.0. The second-order valence-corrected chi connectivity index (χ2v) is 6.09. The lowest BCUT2D eigenvalue weighted by Gasteiger charge is -2.07. The average molecular weight is 346 g/mol. The molecule has 1 heterocycles. The SMILES string of the molecule is CCCNOc1ccc(-c2ccc(-c3ccc(C(C)=O)cc3)cn2)cc1. The Balaban J connectivity index is 1.71. The number of hydroxylamine groups is 1. The number of carbonyl (C=O) groups excluding carboxylic acids is 1. The molecule has 0 fully saturated rings. The fraction of sp³-hybridized carbons (Fsp3) is 0.182. The van der Waals surface area contributed by atoms with E-state index in [0.717, 1.165) is 41.1 Å². The van der Waals surface area contributed by atoms with Crippen molar-refractivity contribution in [2.24, 2.45) is 0 Å². The molecule has 0 unspecified atom stereocenters. The number of nitrogens with zero attached hydrogens (tertiary/aromatic N) is 1. The van der Waals surface area contributed by atoms with Crippen LogP contribution in [0.3, 0.4) is 0 Å². The number of rotatable bonds is 7. The first-order valence-electron chi connectivity index (χ1n) is 8.75. The summed E-state index contributed by atoms with van der Waals surface area (Å²) in [5.41, 5.74) is 7.63. The summed E-state index contributed by atoms with van der Waals surface area (Å²) in [6.07, 6.45) is 2.87. The highest BCUT2D eigenvalue weighted by Gasteiger charge is 2.04. The van der Waals surface area contributed by atoms with E-state index in [1.807, 2.05) is 66.9 Å². The average Bonchev–Trinajstić information content (AvgIpc) is 2.69. The third-order valence-electron chi connectivity index (χ3n) is 4.08. The Hall–Kier alpha value is -2.98. The molecule has 0 bridgehead atoms. The molecule has 3 aromatic rings. The molecule has 0 aliphatic heterocycles. The summed E-state index contributed by atoms with van der Waals surface area (Å²) in [7, 11) is 0. The van der Waals surface area contributed by atoms with Gasteiger partial charge < -0.3 is 4.84 Å². The van der Waals surface area contributed by atoms with Gasteiger partial charge in [0, 0.05) is 29.4 Å². The van der Waals surface area contributed by atoms with Crippen LogP contribution in [0.5, 0.6) is 5.75 Å². The van der Waals surface area contributed by atoms with E-state index < -0.39 is 0 Å². The van der Waals surface area contributed by atoms with Crippen molar-refractivity contribution < 1.29 is 9.63 Å². The number of Topliss-reactive ketones (excluding diaryl/α,β-unsaturated/α-hetero) is 1. The Bertz CT molecular complexity index is 854. The summed E-state index contributed by atoms with van der Waals surface area (Å²) < 4.78 is 0. The van der Waals surface area contributed by atoms with Crippen molar-refractivity contribution in [3.05, 3.63) is 72.4 Å². The van der Waals surface area contributed by atoms with Gasteiger partial charge in [-0.15, -0.1) is 0 Å². The first kappa shape index (κ1) is 17.8. The maximum atomic E-state index is 11.4.